The molecule has 2 aromatic rings. The number of nitro benzene ring substituents is 1. The van der Waals surface area contributed by atoms with Gasteiger partial charge in [-0.15, -0.1) is 0 Å². The first kappa shape index (κ1) is 17.0. The van der Waals surface area contributed by atoms with Crippen LogP contribution in [0.25, 0.3) is 0 Å². The van der Waals surface area contributed by atoms with Gasteiger partial charge in [-0.05, 0) is 38.1 Å². The number of nitrogens with zero attached hydrogens (tertiary/aromatic N) is 2. The van der Waals surface area contributed by atoms with Crippen molar-refractivity contribution in [2.75, 3.05) is 20.2 Å². The summed E-state index contributed by atoms with van der Waals surface area (Å²) in [5.41, 5.74) is 1.92. The van der Waals surface area contributed by atoms with E-state index in [0.717, 1.165) is 29.8 Å². The first-order chi connectivity index (χ1) is 11.1. The standard InChI is InChI=1S/C18H22N2O3/c1-15-16(8-6-11-18(15)20(21)22)14-19(2)12-7-13-23-17-9-4-3-5-10-17/h3-6,8-11H,7,12-14H2,1-2H3. The van der Waals surface area contributed by atoms with Gasteiger partial charge in [0.15, 0.2) is 0 Å². The van der Waals surface area contributed by atoms with E-state index >= 15 is 0 Å². The lowest BCUT2D eigenvalue weighted by Crippen LogP contribution is -2.21. The Kier molecular flexibility index (Phi) is 6.11. The molecule has 2 rings (SSSR count). The second-order valence-corrected chi connectivity index (χ2v) is 5.57. The highest BCUT2D eigenvalue weighted by Gasteiger charge is 2.13. The molecular weight excluding hydrogens is 292 g/mol. The molecule has 0 N–H and O–H groups in total. The SMILES string of the molecule is Cc1c(CN(C)CCCOc2ccccc2)cccc1[N+](=O)[O-]. The van der Waals surface area contributed by atoms with Crippen LogP contribution in [0.15, 0.2) is 48.5 Å². The van der Waals surface area contributed by atoms with Crippen LogP contribution in [0.3, 0.4) is 0 Å². The van der Waals surface area contributed by atoms with Crippen molar-refractivity contribution < 1.29 is 9.66 Å². The maximum Gasteiger partial charge on any atom is 0.272 e. The summed E-state index contributed by atoms with van der Waals surface area (Å²) in [7, 11) is 2.01. The summed E-state index contributed by atoms with van der Waals surface area (Å²) in [6.45, 7) is 4.02. The van der Waals surface area contributed by atoms with E-state index in [2.05, 4.69) is 4.90 Å². The summed E-state index contributed by atoms with van der Waals surface area (Å²) in [6, 6.07) is 15.0. The second-order valence-electron chi connectivity index (χ2n) is 5.57. The summed E-state index contributed by atoms with van der Waals surface area (Å²) in [5.74, 6) is 0.879. The number of benzene rings is 2. The Hall–Kier alpha value is -2.40. The van der Waals surface area contributed by atoms with E-state index in [9.17, 15) is 10.1 Å². The van der Waals surface area contributed by atoms with Crippen molar-refractivity contribution in [1.29, 1.82) is 0 Å². The summed E-state index contributed by atoms with van der Waals surface area (Å²) in [5, 5.41) is 11.0. The van der Waals surface area contributed by atoms with Crippen LogP contribution in [-0.2, 0) is 6.54 Å². The van der Waals surface area contributed by atoms with Gasteiger partial charge in [0.2, 0.25) is 0 Å². The van der Waals surface area contributed by atoms with Gasteiger partial charge in [0, 0.05) is 24.7 Å². The first-order valence-corrected chi connectivity index (χ1v) is 7.67. The van der Waals surface area contributed by atoms with E-state index in [1.54, 1.807) is 19.1 Å². The molecule has 0 saturated heterocycles. The molecule has 0 atom stereocenters. The zero-order valence-electron chi connectivity index (χ0n) is 13.6. The first-order valence-electron chi connectivity index (χ1n) is 7.67. The predicted molar refractivity (Wildman–Crippen MR) is 90.7 cm³/mol. The van der Waals surface area contributed by atoms with Crippen molar-refractivity contribution in [3.8, 4) is 5.75 Å². The second kappa shape index (κ2) is 8.29. The average Bonchev–Trinajstić information content (AvgIpc) is 2.54. The van der Waals surface area contributed by atoms with Crippen molar-refractivity contribution in [3.05, 3.63) is 69.8 Å². The van der Waals surface area contributed by atoms with E-state index in [0.29, 0.717) is 13.2 Å². The highest BCUT2D eigenvalue weighted by molar-refractivity contribution is 5.44. The maximum absolute atomic E-state index is 11.0. The molecule has 0 saturated carbocycles. The minimum atomic E-state index is -0.327. The Labute approximate surface area is 136 Å². The number of rotatable bonds is 8. The fourth-order valence-corrected chi connectivity index (χ4v) is 2.45. The van der Waals surface area contributed by atoms with Gasteiger partial charge in [0.1, 0.15) is 5.75 Å². The van der Waals surface area contributed by atoms with Crippen LogP contribution in [-0.4, -0.2) is 30.0 Å². The van der Waals surface area contributed by atoms with Crippen LogP contribution in [0.5, 0.6) is 5.75 Å². The van der Waals surface area contributed by atoms with Gasteiger partial charge in [-0.3, -0.25) is 10.1 Å². The fraction of sp³-hybridized carbons (Fsp3) is 0.333. The van der Waals surface area contributed by atoms with Crippen molar-refractivity contribution in [3.63, 3.8) is 0 Å². The lowest BCUT2D eigenvalue weighted by atomic mass is 10.1. The van der Waals surface area contributed by atoms with Crippen molar-refractivity contribution >= 4 is 5.69 Å². The van der Waals surface area contributed by atoms with Gasteiger partial charge in [0.05, 0.1) is 11.5 Å². The lowest BCUT2D eigenvalue weighted by Gasteiger charge is -2.18. The Morgan fingerprint density at radius 3 is 2.57 bits per heavy atom. The van der Waals surface area contributed by atoms with Crippen LogP contribution >= 0.6 is 0 Å². The molecule has 0 aliphatic carbocycles. The van der Waals surface area contributed by atoms with Gasteiger partial charge in [-0.2, -0.15) is 0 Å². The summed E-state index contributed by atoms with van der Waals surface area (Å²) >= 11 is 0. The molecule has 2 aromatic carbocycles. The van der Waals surface area contributed by atoms with Crippen LogP contribution in [0.4, 0.5) is 5.69 Å². The topological polar surface area (TPSA) is 55.6 Å². The van der Waals surface area contributed by atoms with Gasteiger partial charge in [-0.1, -0.05) is 30.3 Å². The van der Waals surface area contributed by atoms with Crippen LogP contribution in [0, 0.1) is 17.0 Å². The average molecular weight is 314 g/mol. The monoisotopic (exact) mass is 314 g/mol. The van der Waals surface area contributed by atoms with Crippen LogP contribution in [0.2, 0.25) is 0 Å². The van der Waals surface area contributed by atoms with E-state index < -0.39 is 0 Å². The Morgan fingerprint density at radius 1 is 1.13 bits per heavy atom. The molecule has 0 aliphatic rings. The third kappa shape index (κ3) is 5.07. The molecule has 5 heteroatoms. The van der Waals surface area contributed by atoms with E-state index in [1.165, 1.54) is 0 Å². The highest BCUT2D eigenvalue weighted by atomic mass is 16.6. The molecule has 0 spiro atoms. The third-order valence-electron chi connectivity index (χ3n) is 3.75. The minimum Gasteiger partial charge on any atom is -0.494 e. The third-order valence-corrected chi connectivity index (χ3v) is 3.75. The van der Waals surface area contributed by atoms with E-state index in [1.807, 2.05) is 43.4 Å². The number of nitro groups is 1. The Balaban J connectivity index is 1.80. The minimum absolute atomic E-state index is 0.184. The van der Waals surface area contributed by atoms with Crippen molar-refractivity contribution in [1.82, 2.24) is 4.90 Å². The normalized spacial score (nSPS) is 10.7. The highest BCUT2D eigenvalue weighted by Crippen LogP contribution is 2.22. The molecule has 0 heterocycles. The largest absolute Gasteiger partial charge is 0.494 e. The van der Waals surface area contributed by atoms with E-state index in [-0.39, 0.29) is 10.6 Å². The molecule has 0 radical (unpaired) electrons. The molecule has 23 heavy (non-hydrogen) atoms. The molecule has 0 aliphatic heterocycles. The van der Waals surface area contributed by atoms with Crippen LogP contribution < -0.4 is 4.74 Å². The Bertz CT molecular complexity index is 644. The van der Waals surface area contributed by atoms with Crippen LogP contribution in [0.1, 0.15) is 17.5 Å². The van der Waals surface area contributed by atoms with E-state index in [4.69, 9.17) is 4.74 Å². The molecule has 0 aromatic heterocycles. The molecule has 5 nitrogen and oxygen atoms in total. The number of para-hydroxylation sites is 1. The molecule has 122 valence electrons. The van der Waals surface area contributed by atoms with Gasteiger partial charge in [0.25, 0.3) is 5.69 Å². The molecule has 0 bridgehead atoms. The number of ether oxygens (including phenoxy) is 1. The summed E-state index contributed by atoms with van der Waals surface area (Å²) < 4.78 is 5.66. The molecular formula is C18H22N2O3. The lowest BCUT2D eigenvalue weighted by molar-refractivity contribution is -0.385. The summed E-state index contributed by atoms with van der Waals surface area (Å²) in [4.78, 5) is 12.8. The van der Waals surface area contributed by atoms with Crippen molar-refractivity contribution in [2.24, 2.45) is 0 Å². The van der Waals surface area contributed by atoms with Gasteiger partial charge >= 0.3 is 0 Å². The fourth-order valence-electron chi connectivity index (χ4n) is 2.45. The zero-order valence-corrected chi connectivity index (χ0v) is 13.6. The summed E-state index contributed by atoms with van der Waals surface area (Å²) in [6.07, 6.45) is 0.902. The smallest absolute Gasteiger partial charge is 0.272 e. The van der Waals surface area contributed by atoms with Crippen molar-refractivity contribution in [2.45, 2.75) is 19.9 Å². The zero-order chi connectivity index (χ0) is 16.7. The van der Waals surface area contributed by atoms with Gasteiger partial charge < -0.3 is 9.64 Å². The molecule has 0 amide bonds. The quantitative estimate of drug-likeness (QED) is 0.422. The predicted octanol–water partition coefficient (Wildman–Crippen LogP) is 3.80. The van der Waals surface area contributed by atoms with Gasteiger partial charge in [-0.25, -0.2) is 0 Å². The molecule has 0 fully saturated rings. The number of hydrogen-bond acceptors (Lipinski definition) is 4. The Morgan fingerprint density at radius 2 is 1.87 bits per heavy atom. The maximum atomic E-state index is 11.0. The molecule has 0 unspecified atom stereocenters. The number of hydrogen-bond donors (Lipinski definition) is 0.